The highest BCUT2D eigenvalue weighted by Gasteiger charge is 2.21. The number of pyridine rings is 1. The van der Waals surface area contributed by atoms with Crippen molar-refractivity contribution in [3.63, 3.8) is 0 Å². The molecule has 0 saturated carbocycles. The van der Waals surface area contributed by atoms with Gasteiger partial charge in [-0.2, -0.15) is 0 Å². The van der Waals surface area contributed by atoms with E-state index in [0.29, 0.717) is 0 Å². The summed E-state index contributed by atoms with van der Waals surface area (Å²) in [6.45, 7) is 0. The van der Waals surface area contributed by atoms with Crippen LogP contribution >= 0.6 is 0 Å². The van der Waals surface area contributed by atoms with Gasteiger partial charge in [-0.05, 0) is 109 Å². The minimum atomic E-state index is 0.994. The molecule has 0 fully saturated rings. The summed E-state index contributed by atoms with van der Waals surface area (Å²) in [5.41, 5.74) is 12.4. The number of rotatable bonds is 3. The van der Waals surface area contributed by atoms with Gasteiger partial charge in [0.25, 0.3) is 0 Å². The molecule has 0 amide bonds. The number of nitrogens with zero attached hydrogens (tertiary/aromatic N) is 1. The van der Waals surface area contributed by atoms with E-state index in [0.717, 1.165) is 11.3 Å². The smallest absolute Gasteiger partial charge is 0.0702 e. The maximum absolute atomic E-state index is 4.52. The van der Waals surface area contributed by atoms with E-state index in [1.165, 1.54) is 66.1 Å². The molecule has 1 nitrogen and oxygen atoms in total. The molecule has 1 aliphatic carbocycles. The first-order valence-electron chi connectivity index (χ1n) is 13.0. The molecular formula is C37H23N. The van der Waals surface area contributed by atoms with Gasteiger partial charge in [-0.3, -0.25) is 4.98 Å². The van der Waals surface area contributed by atoms with Gasteiger partial charge in [0.2, 0.25) is 0 Å². The average molecular weight is 482 g/mol. The molecule has 8 rings (SSSR count). The number of aromatic nitrogens is 1. The van der Waals surface area contributed by atoms with Crippen molar-refractivity contribution in [3.05, 3.63) is 140 Å². The van der Waals surface area contributed by atoms with Crippen molar-refractivity contribution >= 4 is 21.5 Å². The van der Waals surface area contributed by atoms with Crippen LogP contribution in [-0.2, 0) is 0 Å². The first-order chi connectivity index (χ1) is 18.8. The summed E-state index contributed by atoms with van der Waals surface area (Å²) in [5, 5.41) is 5.16. The van der Waals surface area contributed by atoms with Gasteiger partial charge in [-0.25, -0.2) is 0 Å². The Labute approximate surface area is 221 Å². The molecule has 0 saturated heterocycles. The van der Waals surface area contributed by atoms with E-state index in [-0.39, 0.29) is 0 Å². The van der Waals surface area contributed by atoms with Gasteiger partial charge < -0.3 is 0 Å². The molecule has 0 bridgehead atoms. The normalized spacial score (nSPS) is 11.7. The van der Waals surface area contributed by atoms with E-state index in [1.54, 1.807) is 0 Å². The quantitative estimate of drug-likeness (QED) is 0.245. The van der Waals surface area contributed by atoms with Crippen LogP contribution < -0.4 is 0 Å². The van der Waals surface area contributed by atoms with E-state index in [4.69, 9.17) is 0 Å². The summed E-state index contributed by atoms with van der Waals surface area (Å²) in [7, 11) is 0. The molecule has 1 heteroatoms. The van der Waals surface area contributed by atoms with Crippen molar-refractivity contribution in [2.45, 2.75) is 0 Å². The monoisotopic (exact) mass is 481 g/mol. The second kappa shape index (κ2) is 8.26. The standard InChI is InChI=1S/C37H23N/c1-2-11-33-32(10-1)34-12-6-9-30-22-31(23-35(33)37(30)34)28-17-16-26-19-25(14-15-27(26)20-28)24-7-5-8-29(21-24)36-13-3-4-18-38-36/h1-23H. The summed E-state index contributed by atoms with van der Waals surface area (Å²) in [4.78, 5) is 4.52. The van der Waals surface area contributed by atoms with Crippen molar-refractivity contribution in [3.8, 4) is 55.8 Å². The van der Waals surface area contributed by atoms with Crippen LogP contribution in [-0.4, -0.2) is 4.98 Å². The molecule has 176 valence electrons. The Balaban J connectivity index is 1.20. The van der Waals surface area contributed by atoms with Crippen LogP contribution in [0.3, 0.4) is 0 Å². The SMILES string of the molecule is c1ccc(-c2cccc(-c3ccc4cc(-c5cc6c7c(cccc7c5)-c5ccccc5-6)ccc4c3)c2)nc1. The van der Waals surface area contributed by atoms with Crippen LogP contribution in [0.15, 0.2) is 140 Å². The summed E-state index contributed by atoms with van der Waals surface area (Å²) < 4.78 is 0. The lowest BCUT2D eigenvalue weighted by Crippen LogP contribution is -1.85. The fourth-order valence-corrected chi connectivity index (χ4v) is 5.98. The second-order valence-corrected chi connectivity index (χ2v) is 10.0. The first-order valence-corrected chi connectivity index (χ1v) is 13.0. The fraction of sp³-hybridized carbons (Fsp3) is 0. The van der Waals surface area contributed by atoms with E-state index in [9.17, 15) is 0 Å². The largest absolute Gasteiger partial charge is 0.256 e. The van der Waals surface area contributed by atoms with Crippen molar-refractivity contribution in [1.82, 2.24) is 4.98 Å². The summed E-state index contributed by atoms with van der Waals surface area (Å²) in [5.74, 6) is 0. The summed E-state index contributed by atoms with van der Waals surface area (Å²) in [6.07, 6.45) is 1.84. The predicted octanol–water partition coefficient (Wildman–Crippen LogP) is 10.0. The Morgan fingerprint density at radius 3 is 1.76 bits per heavy atom. The third kappa shape index (κ3) is 3.29. The van der Waals surface area contributed by atoms with E-state index in [2.05, 4.69) is 126 Å². The highest BCUT2D eigenvalue weighted by atomic mass is 14.7. The molecule has 7 aromatic rings. The van der Waals surface area contributed by atoms with Crippen molar-refractivity contribution in [2.24, 2.45) is 0 Å². The van der Waals surface area contributed by atoms with Gasteiger partial charge in [-0.1, -0.05) is 91.0 Å². The molecule has 0 aliphatic heterocycles. The molecule has 0 radical (unpaired) electrons. The van der Waals surface area contributed by atoms with Crippen molar-refractivity contribution < 1.29 is 0 Å². The molecule has 1 aromatic heterocycles. The van der Waals surface area contributed by atoms with Crippen molar-refractivity contribution in [1.29, 1.82) is 0 Å². The zero-order chi connectivity index (χ0) is 25.1. The molecule has 1 heterocycles. The zero-order valence-electron chi connectivity index (χ0n) is 20.7. The second-order valence-electron chi connectivity index (χ2n) is 10.0. The van der Waals surface area contributed by atoms with Gasteiger partial charge in [-0.15, -0.1) is 0 Å². The highest BCUT2D eigenvalue weighted by Crippen LogP contribution is 2.48. The van der Waals surface area contributed by atoms with Gasteiger partial charge in [0.15, 0.2) is 0 Å². The fourth-order valence-electron chi connectivity index (χ4n) is 5.98. The van der Waals surface area contributed by atoms with Crippen LogP contribution in [0, 0.1) is 0 Å². The van der Waals surface area contributed by atoms with Gasteiger partial charge in [0.1, 0.15) is 0 Å². The Bertz CT molecular complexity index is 2020. The molecular weight excluding hydrogens is 458 g/mol. The van der Waals surface area contributed by atoms with Crippen LogP contribution in [0.4, 0.5) is 0 Å². The first kappa shape index (κ1) is 21.1. The van der Waals surface area contributed by atoms with Crippen LogP contribution in [0.25, 0.3) is 77.3 Å². The Morgan fingerprint density at radius 1 is 0.342 bits per heavy atom. The third-order valence-electron chi connectivity index (χ3n) is 7.81. The van der Waals surface area contributed by atoms with E-state index < -0.39 is 0 Å². The van der Waals surface area contributed by atoms with E-state index >= 15 is 0 Å². The number of fused-ring (bicyclic) bond motifs is 4. The minimum Gasteiger partial charge on any atom is -0.256 e. The average Bonchev–Trinajstić information content (AvgIpc) is 3.32. The van der Waals surface area contributed by atoms with E-state index in [1.807, 2.05) is 18.3 Å². The molecule has 1 aliphatic rings. The predicted molar refractivity (Wildman–Crippen MR) is 160 cm³/mol. The highest BCUT2D eigenvalue weighted by molar-refractivity contribution is 6.16. The number of hydrogen-bond donors (Lipinski definition) is 0. The number of benzene rings is 6. The third-order valence-corrected chi connectivity index (χ3v) is 7.81. The molecule has 0 spiro atoms. The Kier molecular flexibility index (Phi) is 4.59. The van der Waals surface area contributed by atoms with Crippen LogP contribution in [0.5, 0.6) is 0 Å². The molecule has 0 atom stereocenters. The lowest BCUT2D eigenvalue weighted by atomic mass is 9.94. The molecule has 38 heavy (non-hydrogen) atoms. The summed E-state index contributed by atoms with van der Waals surface area (Å²) >= 11 is 0. The zero-order valence-corrected chi connectivity index (χ0v) is 20.7. The minimum absolute atomic E-state index is 0.994. The van der Waals surface area contributed by atoms with Crippen LogP contribution in [0.1, 0.15) is 0 Å². The lowest BCUT2D eigenvalue weighted by Gasteiger charge is -2.10. The van der Waals surface area contributed by atoms with Gasteiger partial charge >= 0.3 is 0 Å². The molecule has 6 aromatic carbocycles. The summed E-state index contributed by atoms with van der Waals surface area (Å²) in [6, 6.07) is 48.4. The number of hydrogen-bond acceptors (Lipinski definition) is 1. The molecule has 0 unspecified atom stereocenters. The Morgan fingerprint density at radius 2 is 0.974 bits per heavy atom. The van der Waals surface area contributed by atoms with Crippen molar-refractivity contribution in [2.75, 3.05) is 0 Å². The van der Waals surface area contributed by atoms with Gasteiger partial charge in [0.05, 0.1) is 5.69 Å². The lowest BCUT2D eigenvalue weighted by molar-refractivity contribution is 1.33. The molecule has 0 N–H and O–H groups in total. The Hall–Kier alpha value is -5.01. The maximum atomic E-state index is 4.52. The van der Waals surface area contributed by atoms with Crippen LogP contribution in [0.2, 0.25) is 0 Å². The maximum Gasteiger partial charge on any atom is 0.0702 e. The van der Waals surface area contributed by atoms with Gasteiger partial charge in [0, 0.05) is 11.8 Å². The topological polar surface area (TPSA) is 12.9 Å².